The molecule has 128 valence electrons. The Labute approximate surface area is 143 Å². The largest absolute Gasteiger partial charge is 0.329 e. The van der Waals surface area contributed by atoms with Crippen molar-refractivity contribution < 1.29 is 9.59 Å². The lowest BCUT2D eigenvalue weighted by Crippen LogP contribution is -2.40. The van der Waals surface area contributed by atoms with E-state index >= 15 is 0 Å². The van der Waals surface area contributed by atoms with Crippen LogP contribution in [0, 0.1) is 11.3 Å². The summed E-state index contributed by atoms with van der Waals surface area (Å²) in [5.74, 6) is -0.0811. The van der Waals surface area contributed by atoms with Crippen LogP contribution in [0.15, 0.2) is 24.3 Å². The van der Waals surface area contributed by atoms with Crippen LogP contribution in [0.2, 0.25) is 0 Å². The molecule has 0 saturated heterocycles. The normalized spacial score (nSPS) is 15.8. The van der Waals surface area contributed by atoms with Gasteiger partial charge in [-0.2, -0.15) is 0 Å². The van der Waals surface area contributed by atoms with Crippen molar-refractivity contribution in [1.29, 1.82) is 0 Å². The summed E-state index contributed by atoms with van der Waals surface area (Å²) < 4.78 is 0. The lowest BCUT2D eigenvalue weighted by atomic mass is 9.85. The topological polar surface area (TPSA) is 84.2 Å². The van der Waals surface area contributed by atoms with Crippen molar-refractivity contribution in [2.75, 3.05) is 17.2 Å². The van der Waals surface area contributed by atoms with Gasteiger partial charge in [-0.25, -0.2) is 0 Å². The molecule has 4 N–H and O–H groups in total. The lowest BCUT2D eigenvalue weighted by Gasteiger charge is -2.25. The summed E-state index contributed by atoms with van der Waals surface area (Å²) in [6.45, 7) is 4.08. The number of hydrogen-bond acceptors (Lipinski definition) is 3. The molecule has 0 spiro atoms. The van der Waals surface area contributed by atoms with Gasteiger partial charge in [0.05, 0.1) is 5.41 Å². The molecule has 2 amide bonds. The number of halogens is 1. The van der Waals surface area contributed by atoms with Crippen molar-refractivity contribution in [3.05, 3.63) is 24.3 Å². The SMILES string of the molecule is CC(C)C(=O)Nc1ccc(NC(=O)C2(CN)CCCC2)cc1.Cl. The monoisotopic (exact) mass is 339 g/mol. The number of rotatable bonds is 5. The summed E-state index contributed by atoms with van der Waals surface area (Å²) in [6.07, 6.45) is 3.84. The zero-order chi connectivity index (χ0) is 16.2. The molecule has 5 nitrogen and oxygen atoms in total. The van der Waals surface area contributed by atoms with Gasteiger partial charge in [-0.15, -0.1) is 12.4 Å². The molecular formula is C17H26ClN3O2. The molecule has 1 aromatic rings. The fourth-order valence-electron chi connectivity index (χ4n) is 2.76. The molecule has 1 aliphatic carbocycles. The lowest BCUT2D eigenvalue weighted by molar-refractivity contribution is -0.124. The summed E-state index contributed by atoms with van der Waals surface area (Å²) in [5, 5.41) is 5.77. The minimum atomic E-state index is -0.412. The van der Waals surface area contributed by atoms with Gasteiger partial charge in [0, 0.05) is 23.8 Å². The number of carbonyl (C=O) groups excluding carboxylic acids is 2. The van der Waals surface area contributed by atoms with E-state index in [1.807, 2.05) is 13.8 Å². The molecule has 0 bridgehead atoms. The van der Waals surface area contributed by atoms with Crippen molar-refractivity contribution >= 4 is 35.6 Å². The van der Waals surface area contributed by atoms with E-state index < -0.39 is 5.41 Å². The summed E-state index contributed by atoms with van der Waals surface area (Å²) >= 11 is 0. The minimum Gasteiger partial charge on any atom is -0.329 e. The first kappa shape index (κ1) is 19.5. The van der Waals surface area contributed by atoms with Crippen LogP contribution in [0.4, 0.5) is 11.4 Å². The quantitative estimate of drug-likeness (QED) is 0.770. The van der Waals surface area contributed by atoms with Gasteiger partial charge >= 0.3 is 0 Å². The first-order chi connectivity index (χ1) is 10.5. The number of benzene rings is 1. The Balaban J connectivity index is 0.00000264. The second-order valence-electron chi connectivity index (χ2n) is 6.37. The fourth-order valence-corrected chi connectivity index (χ4v) is 2.76. The van der Waals surface area contributed by atoms with E-state index in [0.717, 1.165) is 37.1 Å². The average Bonchev–Trinajstić information content (AvgIpc) is 2.99. The zero-order valence-electron chi connectivity index (χ0n) is 13.7. The molecular weight excluding hydrogens is 314 g/mol. The van der Waals surface area contributed by atoms with Gasteiger partial charge in [0.1, 0.15) is 0 Å². The highest BCUT2D eigenvalue weighted by molar-refractivity contribution is 5.96. The van der Waals surface area contributed by atoms with Crippen molar-refractivity contribution in [1.82, 2.24) is 0 Å². The van der Waals surface area contributed by atoms with Crippen LogP contribution in [-0.2, 0) is 9.59 Å². The van der Waals surface area contributed by atoms with Crippen LogP contribution in [0.1, 0.15) is 39.5 Å². The smallest absolute Gasteiger partial charge is 0.231 e. The number of nitrogens with one attached hydrogen (secondary N) is 2. The summed E-state index contributed by atoms with van der Waals surface area (Å²) in [4.78, 5) is 24.1. The van der Waals surface area contributed by atoms with Crippen LogP contribution >= 0.6 is 12.4 Å². The molecule has 1 fully saturated rings. The number of anilines is 2. The Hall–Kier alpha value is -1.59. The van der Waals surface area contributed by atoms with Crippen LogP contribution in [0.5, 0.6) is 0 Å². The zero-order valence-corrected chi connectivity index (χ0v) is 14.5. The second-order valence-corrected chi connectivity index (χ2v) is 6.37. The maximum Gasteiger partial charge on any atom is 0.231 e. The van der Waals surface area contributed by atoms with Crippen molar-refractivity contribution in [2.24, 2.45) is 17.1 Å². The molecule has 0 atom stereocenters. The van der Waals surface area contributed by atoms with Gasteiger partial charge in [-0.05, 0) is 37.1 Å². The van der Waals surface area contributed by atoms with Crippen molar-refractivity contribution in [3.63, 3.8) is 0 Å². The van der Waals surface area contributed by atoms with Crippen LogP contribution in [-0.4, -0.2) is 18.4 Å². The average molecular weight is 340 g/mol. The Morgan fingerprint density at radius 1 is 1.09 bits per heavy atom. The van der Waals surface area contributed by atoms with Gasteiger partial charge in [0.25, 0.3) is 0 Å². The molecule has 23 heavy (non-hydrogen) atoms. The van der Waals surface area contributed by atoms with E-state index in [1.165, 1.54) is 0 Å². The third kappa shape index (κ3) is 4.69. The Morgan fingerprint density at radius 2 is 1.57 bits per heavy atom. The minimum absolute atomic E-state index is 0. The molecule has 6 heteroatoms. The summed E-state index contributed by atoms with van der Waals surface area (Å²) in [7, 11) is 0. The predicted molar refractivity (Wildman–Crippen MR) is 95.7 cm³/mol. The molecule has 2 rings (SSSR count). The molecule has 0 unspecified atom stereocenters. The molecule has 0 aliphatic heterocycles. The molecule has 0 aromatic heterocycles. The van der Waals surface area contributed by atoms with Crippen molar-refractivity contribution in [3.8, 4) is 0 Å². The number of carbonyl (C=O) groups is 2. The number of hydrogen-bond donors (Lipinski definition) is 3. The summed E-state index contributed by atoms with van der Waals surface area (Å²) in [6, 6.07) is 7.18. The first-order valence-electron chi connectivity index (χ1n) is 7.89. The molecule has 0 heterocycles. The van der Waals surface area contributed by atoms with Gasteiger partial charge in [-0.1, -0.05) is 26.7 Å². The number of nitrogens with two attached hydrogens (primary N) is 1. The van der Waals surface area contributed by atoms with Gasteiger partial charge in [0.15, 0.2) is 0 Å². The van der Waals surface area contributed by atoms with Crippen LogP contribution in [0.3, 0.4) is 0 Å². The Morgan fingerprint density at radius 3 is 2.00 bits per heavy atom. The van der Waals surface area contributed by atoms with Crippen molar-refractivity contribution in [2.45, 2.75) is 39.5 Å². The van der Waals surface area contributed by atoms with E-state index in [1.54, 1.807) is 24.3 Å². The third-order valence-electron chi connectivity index (χ3n) is 4.37. The van der Waals surface area contributed by atoms with E-state index in [4.69, 9.17) is 5.73 Å². The van der Waals surface area contributed by atoms with Crippen LogP contribution < -0.4 is 16.4 Å². The Kier molecular flexibility index (Phi) is 7.03. The fraction of sp³-hybridized carbons (Fsp3) is 0.529. The van der Waals surface area contributed by atoms with Gasteiger partial charge < -0.3 is 16.4 Å². The molecule has 1 aliphatic rings. The Bertz CT molecular complexity index is 537. The maximum absolute atomic E-state index is 12.5. The van der Waals surface area contributed by atoms with Gasteiger partial charge in [-0.3, -0.25) is 9.59 Å². The predicted octanol–water partition coefficient (Wildman–Crippen LogP) is 3.16. The third-order valence-corrected chi connectivity index (χ3v) is 4.37. The molecule has 1 aromatic carbocycles. The van der Waals surface area contributed by atoms with E-state index in [2.05, 4.69) is 10.6 Å². The van der Waals surface area contributed by atoms with Gasteiger partial charge in [0.2, 0.25) is 11.8 Å². The highest BCUT2D eigenvalue weighted by atomic mass is 35.5. The summed E-state index contributed by atoms with van der Waals surface area (Å²) in [5.41, 5.74) is 6.87. The second kappa shape index (κ2) is 8.31. The van der Waals surface area contributed by atoms with E-state index in [9.17, 15) is 9.59 Å². The molecule has 0 radical (unpaired) electrons. The number of amides is 2. The standard InChI is InChI=1S/C17H25N3O2.ClH/c1-12(2)15(21)19-13-5-7-14(8-6-13)20-16(22)17(11-18)9-3-4-10-17;/h5-8,12H,3-4,9-11,18H2,1-2H3,(H,19,21)(H,20,22);1H. The molecule has 1 saturated carbocycles. The maximum atomic E-state index is 12.5. The highest BCUT2D eigenvalue weighted by Gasteiger charge is 2.39. The van der Waals surface area contributed by atoms with E-state index in [0.29, 0.717) is 6.54 Å². The van der Waals surface area contributed by atoms with E-state index in [-0.39, 0.29) is 30.1 Å². The highest BCUT2D eigenvalue weighted by Crippen LogP contribution is 2.38. The van der Waals surface area contributed by atoms with Crippen LogP contribution in [0.25, 0.3) is 0 Å². The first-order valence-corrected chi connectivity index (χ1v) is 7.89.